The van der Waals surface area contributed by atoms with Crippen LogP contribution in [-0.4, -0.2) is 25.5 Å². The molecule has 0 radical (unpaired) electrons. The van der Waals surface area contributed by atoms with Crippen LogP contribution in [0.3, 0.4) is 0 Å². The molecule has 6 nitrogen and oxygen atoms in total. The van der Waals surface area contributed by atoms with E-state index >= 15 is 0 Å². The van der Waals surface area contributed by atoms with Gasteiger partial charge in [-0.3, -0.25) is 0 Å². The number of aryl methyl sites for hydroxylation is 1. The third-order valence-electron chi connectivity index (χ3n) is 4.14. The van der Waals surface area contributed by atoms with E-state index in [-0.39, 0.29) is 6.04 Å². The van der Waals surface area contributed by atoms with Crippen LogP contribution in [0.1, 0.15) is 24.4 Å². The first-order valence-corrected chi connectivity index (χ1v) is 8.87. The fraction of sp³-hybridized carbons (Fsp3) is 0.294. The van der Waals surface area contributed by atoms with E-state index in [4.69, 9.17) is 5.26 Å². The Kier molecular flexibility index (Phi) is 4.05. The van der Waals surface area contributed by atoms with Gasteiger partial charge in [-0.2, -0.15) is 10.4 Å². The van der Waals surface area contributed by atoms with Gasteiger partial charge in [0.1, 0.15) is 12.1 Å². The van der Waals surface area contributed by atoms with E-state index in [0.29, 0.717) is 13.0 Å². The Bertz CT molecular complexity index is 913. The number of rotatable bonds is 4. The molecule has 24 heavy (non-hydrogen) atoms. The Morgan fingerprint density at radius 1 is 1.33 bits per heavy atom. The quantitative estimate of drug-likeness (QED) is 0.787. The van der Waals surface area contributed by atoms with Crippen molar-refractivity contribution < 1.29 is 0 Å². The predicted molar refractivity (Wildman–Crippen MR) is 93.7 cm³/mol. The minimum absolute atomic E-state index is 0.239. The maximum atomic E-state index is 8.76. The molecule has 120 valence electrons. The molecular formula is C17H16N6S. The molecular weight excluding hydrogens is 320 g/mol. The van der Waals surface area contributed by atoms with Crippen LogP contribution in [0.25, 0.3) is 11.0 Å². The lowest BCUT2D eigenvalue weighted by molar-refractivity contribution is 0.643. The third kappa shape index (κ3) is 2.69. The number of fused-ring (bicyclic) bond motifs is 2. The smallest absolute Gasteiger partial charge is 0.163 e. The van der Waals surface area contributed by atoms with Gasteiger partial charge in [0, 0.05) is 10.6 Å². The molecule has 1 aromatic carbocycles. The van der Waals surface area contributed by atoms with E-state index in [1.165, 1.54) is 10.5 Å². The van der Waals surface area contributed by atoms with Crippen LogP contribution in [-0.2, 0) is 6.54 Å². The van der Waals surface area contributed by atoms with Crippen molar-refractivity contribution in [3.05, 3.63) is 42.4 Å². The molecule has 0 fully saturated rings. The first-order valence-electron chi connectivity index (χ1n) is 7.88. The number of anilines is 1. The lowest BCUT2D eigenvalue weighted by atomic mass is 10.0. The fourth-order valence-electron chi connectivity index (χ4n) is 2.98. The highest BCUT2D eigenvalue weighted by molar-refractivity contribution is 7.99. The van der Waals surface area contributed by atoms with Gasteiger partial charge in [-0.15, -0.1) is 11.8 Å². The van der Waals surface area contributed by atoms with Gasteiger partial charge >= 0.3 is 0 Å². The third-order valence-corrected chi connectivity index (χ3v) is 5.26. The Hall–Kier alpha value is -2.59. The molecule has 0 amide bonds. The van der Waals surface area contributed by atoms with E-state index in [1.54, 1.807) is 17.2 Å². The maximum absolute atomic E-state index is 8.76. The molecule has 1 N–H and O–H groups in total. The highest BCUT2D eigenvalue weighted by Crippen LogP contribution is 2.38. The van der Waals surface area contributed by atoms with Crippen LogP contribution >= 0.6 is 11.8 Å². The van der Waals surface area contributed by atoms with Crippen LogP contribution in [0.2, 0.25) is 0 Å². The topological polar surface area (TPSA) is 79.4 Å². The van der Waals surface area contributed by atoms with Crippen LogP contribution in [0, 0.1) is 11.3 Å². The number of nitriles is 1. The standard InChI is InChI=1S/C17H16N6S/c18-7-3-8-23-17-13(10-21-23)16(19-11-20-17)22-14-6-9-24-15-5-2-1-4-12(14)15/h1-2,4-5,10-11,14H,3,6,8-9H2,(H,19,20,22)/t14-/m1/s1. The molecule has 0 spiro atoms. The van der Waals surface area contributed by atoms with E-state index in [1.807, 2.05) is 11.8 Å². The average Bonchev–Trinajstić information content (AvgIpc) is 3.04. The Balaban J connectivity index is 1.66. The van der Waals surface area contributed by atoms with Crippen molar-refractivity contribution in [2.75, 3.05) is 11.1 Å². The van der Waals surface area contributed by atoms with Crippen LogP contribution in [0.4, 0.5) is 5.82 Å². The summed E-state index contributed by atoms with van der Waals surface area (Å²) in [5.74, 6) is 1.89. The molecule has 1 atom stereocenters. The van der Waals surface area contributed by atoms with Crippen molar-refractivity contribution in [1.29, 1.82) is 5.26 Å². The normalized spacial score (nSPS) is 16.5. The predicted octanol–water partition coefficient (Wildman–Crippen LogP) is 3.39. The number of hydrogen-bond acceptors (Lipinski definition) is 6. The number of benzene rings is 1. The molecule has 0 saturated carbocycles. The maximum Gasteiger partial charge on any atom is 0.163 e. The summed E-state index contributed by atoms with van der Waals surface area (Å²) in [5, 5.41) is 17.6. The second-order valence-electron chi connectivity index (χ2n) is 5.61. The molecule has 0 aliphatic carbocycles. The molecule has 3 heterocycles. The molecule has 0 bridgehead atoms. The Morgan fingerprint density at radius 3 is 3.17 bits per heavy atom. The highest BCUT2D eigenvalue weighted by Gasteiger charge is 2.21. The van der Waals surface area contributed by atoms with Crippen LogP contribution in [0.15, 0.2) is 41.7 Å². The molecule has 7 heteroatoms. The zero-order valence-corrected chi connectivity index (χ0v) is 13.8. The van der Waals surface area contributed by atoms with Gasteiger partial charge in [-0.05, 0) is 18.1 Å². The van der Waals surface area contributed by atoms with Crippen molar-refractivity contribution in [1.82, 2.24) is 19.7 Å². The van der Waals surface area contributed by atoms with E-state index in [2.05, 4.69) is 50.7 Å². The van der Waals surface area contributed by atoms with Crippen LogP contribution in [0.5, 0.6) is 0 Å². The summed E-state index contributed by atoms with van der Waals surface area (Å²) >= 11 is 1.90. The number of thioether (sulfide) groups is 1. The minimum atomic E-state index is 0.239. The van der Waals surface area contributed by atoms with Gasteiger partial charge in [0.2, 0.25) is 0 Å². The largest absolute Gasteiger partial charge is 0.362 e. The monoisotopic (exact) mass is 336 g/mol. The molecule has 0 saturated heterocycles. The van der Waals surface area contributed by atoms with Gasteiger partial charge in [-0.1, -0.05) is 18.2 Å². The number of hydrogen-bond donors (Lipinski definition) is 1. The second kappa shape index (κ2) is 6.49. The summed E-state index contributed by atoms with van der Waals surface area (Å²) in [4.78, 5) is 10.1. The first-order chi connectivity index (χ1) is 11.9. The zero-order valence-electron chi connectivity index (χ0n) is 13.0. The number of nitrogens with one attached hydrogen (secondary N) is 1. The van der Waals surface area contributed by atoms with Gasteiger partial charge < -0.3 is 5.32 Å². The summed E-state index contributed by atoms with van der Waals surface area (Å²) in [6, 6.07) is 10.9. The van der Waals surface area contributed by atoms with Crippen molar-refractivity contribution in [2.24, 2.45) is 0 Å². The molecule has 1 aliphatic rings. The number of aromatic nitrogens is 4. The minimum Gasteiger partial charge on any atom is -0.362 e. The fourth-order valence-corrected chi connectivity index (χ4v) is 4.11. The first kappa shape index (κ1) is 15.0. The SMILES string of the molecule is N#CCCn1ncc2c(N[C@@H]3CCSc4ccccc43)ncnc21. The Morgan fingerprint density at radius 2 is 2.25 bits per heavy atom. The summed E-state index contributed by atoms with van der Waals surface area (Å²) in [7, 11) is 0. The zero-order chi connectivity index (χ0) is 16.4. The average molecular weight is 336 g/mol. The van der Waals surface area contributed by atoms with E-state index in [9.17, 15) is 0 Å². The summed E-state index contributed by atoms with van der Waals surface area (Å²) in [6.07, 6.45) is 4.80. The highest BCUT2D eigenvalue weighted by atomic mass is 32.2. The van der Waals surface area contributed by atoms with Gasteiger partial charge in [-0.25, -0.2) is 14.6 Å². The molecule has 3 aromatic rings. The summed E-state index contributed by atoms with van der Waals surface area (Å²) < 4.78 is 1.76. The number of nitrogens with zero attached hydrogens (tertiary/aromatic N) is 5. The van der Waals surface area contributed by atoms with Crippen molar-refractivity contribution in [3.63, 3.8) is 0 Å². The molecule has 0 unspecified atom stereocenters. The molecule has 2 aromatic heterocycles. The van der Waals surface area contributed by atoms with Crippen molar-refractivity contribution in [2.45, 2.75) is 30.3 Å². The lowest BCUT2D eigenvalue weighted by Gasteiger charge is -2.26. The van der Waals surface area contributed by atoms with Crippen molar-refractivity contribution >= 4 is 28.6 Å². The summed E-state index contributed by atoms with van der Waals surface area (Å²) in [5.41, 5.74) is 2.08. The van der Waals surface area contributed by atoms with Gasteiger partial charge in [0.15, 0.2) is 5.65 Å². The molecule has 1 aliphatic heterocycles. The van der Waals surface area contributed by atoms with Gasteiger partial charge in [0.05, 0.1) is 36.7 Å². The summed E-state index contributed by atoms with van der Waals surface area (Å²) in [6.45, 7) is 0.541. The van der Waals surface area contributed by atoms with Gasteiger partial charge in [0.25, 0.3) is 0 Å². The second-order valence-corrected chi connectivity index (χ2v) is 6.74. The van der Waals surface area contributed by atoms with E-state index < -0.39 is 0 Å². The lowest BCUT2D eigenvalue weighted by Crippen LogP contribution is -2.17. The Labute approximate surface area is 143 Å². The van der Waals surface area contributed by atoms with E-state index in [0.717, 1.165) is 29.0 Å². The van der Waals surface area contributed by atoms with Crippen molar-refractivity contribution in [3.8, 4) is 6.07 Å². The molecule has 4 rings (SSSR count). The van der Waals surface area contributed by atoms with Crippen LogP contribution < -0.4 is 5.32 Å².